The lowest BCUT2D eigenvalue weighted by molar-refractivity contribution is -0.0493. The van der Waals surface area contributed by atoms with Gasteiger partial charge in [-0.1, -0.05) is 0 Å². The molecule has 0 amide bonds. The van der Waals surface area contributed by atoms with Crippen LogP contribution in [0, 0.1) is 0 Å². The number of halogens is 2. The van der Waals surface area contributed by atoms with Crippen molar-refractivity contribution in [3.05, 3.63) is 35.9 Å². The van der Waals surface area contributed by atoms with Gasteiger partial charge in [0.05, 0.1) is 5.56 Å². The Hall–Kier alpha value is -2.83. The van der Waals surface area contributed by atoms with Gasteiger partial charge in [-0.3, -0.25) is 0 Å². The monoisotopic (exact) mass is 293 g/mol. The number of hydrogen-bond donors (Lipinski definition) is 2. The number of nitrogens with two attached hydrogens (primary N) is 1. The number of carbonyl (C=O) groups is 1. The van der Waals surface area contributed by atoms with Crippen molar-refractivity contribution < 1.29 is 27.8 Å². The molecule has 7 heteroatoms. The average molecular weight is 293 g/mol. The number of fused-ring (bicyclic) bond motifs is 3. The van der Waals surface area contributed by atoms with Crippen LogP contribution in [0.5, 0.6) is 5.75 Å². The summed E-state index contributed by atoms with van der Waals surface area (Å²) in [5.41, 5.74) is 6.30. The molecule has 0 aliphatic rings. The zero-order valence-corrected chi connectivity index (χ0v) is 10.5. The van der Waals surface area contributed by atoms with Crippen LogP contribution in [0.2, 0.25) is 0 Å². The zero-order chi connectivity index (χ0) is 15.1. The molecule has 0 unspecified atom stereocenters. The summed E-state index contributed by atoms with van der Waals surface area (Å²) in [6.45, 7) is -3.04. The Bertz CT molecular complexity index is 857. The fourth-order valence-electron chi connectivity index (χ4n) is 2.24. The van der Waals surface area contributed by atoms with E-state index in [0.29, 0.717) is 16.7 Å². The second-order valence-corrected chi connectivity index (χ2v) is 4.36. The van der Waals surface area contributed by atoms with Gasteiger partial charge in [0.1, 0.15) is 5.58 Å². The van der Waals surface area contributed by atoms with Gasteiger partial charge in [0.25, 0.3) is 0 Å². The lowest BCUT2D eigenvalue weighted by Crippen LogP contribution is -2.03. The highest BCUT2D eigenvalue weighted by molar-refractivity contribution is 6.16. The molecular weight excluding hydrogens is 284 g/mol. The van der Waals surface area contributed by atoms with Crippen LogP contribution in [0.25, 0.3) is 21.9 Å². The second-order valence-electron chi connectivity index (χ2n) is 4.36. The third-order valence-corrected chi connectivity index (χ3v) is 3.05. The summed E-state index contributed by atoms with van der Waals surface area (Å²) in [6.07, 6.45) is 0. The fraction of sp³-hybridized carbons (Fsp3) is 0.0714. The highest BCUT2D eigenvalue weighted by Gasteiger charge is 2.21. The van der Waals surface area contributed by atoms with E-state index in [2.05, 4.69) is 4.74 Å². The summed E-state index contributed by atoms with van der Waals surface area (Å²) in [7, 11) is 0. The molecule has 21 heavy (non-hydrogen) atoms. The van der Waals surface area contributed by atoms with Gasteiger partial charge in [-0.2, -0.15) is 8.78 Å². The minimum absolute atomic E-state index is 0.0456. The fourth-order valence-corrected chi connectivity index (χ4v) is 2.24. The van der Waals surface area contributed by atoms with Crippen molar-refractivity contribution in [3.63, 3.8) is 0 Å². The second kappa shape index (κ2) is 4.62. The summed E-state index contributed by atoms with van der Waals surface area (Å²) in [5, 5.41) is 9.86. The van der Waals surface area contributed by atoms with Crippen LogP contribution in [0.15, 0.2) is 34.7 Å². The van der Waals surface area contributed by atoms with E-state index in [-0.39, 0.29) is 22.3 Å². The Morgan fingerprint density at radius 1 is 1.29 bits per heavy atom. The Labute approximate surface area is 116 Å². The molecular formula is C14H9F2NO4. The molecule has 5 nitrogen and oxygen atoms in total. The molecule has 3 aromatic rings. The number of carboxylic acids is 1. The average Bonchev–Trinajstić information content (AvgIpc) is 2.77. The van der Waals surface area contributed by atoms with Crippen LogP contribution in [-0.2, 0) is 0 Å². The molecule has 0 saturated carbocycles. The third kappa shape index (κ3) is 2.12. The molecule has 0 fully saturated rings. The van der Waals surface area contributed by atoms with E-state index in [0.717, 1.165) is 6.07 Å². The molecule has 2 aromatic carbocycles. The maximum absolute atomic E-state index is 12.4. The smallest absolute Gasteiger partial charge is 0.387 e. The molecule has 0 aliphatic heterocycles. The van der Waals surface area contributed by atoms with E-state index in [1.54, 1.807) is 12.1 Å². The highest BCUT2D eigenvalue weighted by Crippen LogP contribution is 2.38. The normalized spacial score (nSPS) is 11.4. The largest absolute Gasteiger partial charge is 0.478 e. The van der Waals surface area contributed by atoms with Crippen LogP contribution >= 0.6 is 0 Å². The van der Waals surface area contributed by atoms with Gasteiger partial charge in [-0.15, -0.1) is 0 Å². The molecule has 0 radical (unpaired) electrons. The first-order valence-corrected chi connectivity index (χ1v) is 5.90. The predicted molar refractivity (Wildman–Crippen MR) is 71.7 cm³/mol. The number of nitrogen functional groups attached to an aromatic ring is 1. The number of rotatable bonds is 3. The summed E-state index contributed by atoms with van der Waals surface area (Å²) < 4.78 is 34.7. The third-order valence-electron chi connectivity index (χ3n) is 3.05. The van der Waals surface area contributed by atoms with Crippen LogP contribution in [0.1, 0.15) is 10.4 Å². The Morgan fingerprint density at radius 2 is 2.05 bits per heavy atom. The van der Waals surface area contributed by atoms with Crippen LogP contribution in [0.4, 0.5) is 14.5 Å². The van der Waals surface area contributed by atoms with Crippen molar-refractivity contribution in [3.8, 4) is 5.75 Å². The first kappa shape index (κ1) is 13.2. The lowest BCUT2D eigenvalue weighted by atomic mass is 10.1. The van der Waals surface area contributed by atoms with Gasteiger partial charge >= 0.3 is 12.6 Å². The quantitative estimate of drug-likeness (QED) is 0.722. The van der Waals surface area contributed by atoms with Gasteiger partial charge in [0, 0.05) is 16.5 Å². The number of furan rings is 1. The molecule has 0 atom stereocenters. The number of alkyl halides is 2. The molecule has 0 saturated heterocycles. The van der Waals surface area contributed by atoms with Gasteiger partial charge in [0.2, 0.25) is 0 Å². The molecule has 108 valence electrons. The number of anilines is 1. The van der Waals surface area contributed by atoms with E-state index in [4.69, 9.17) is 10.2 Å². The summed E-state index contributed by atoms with van der Waals surface area (Å²) >= 11 is 0. The summed E-state index contributed by atoms with van der Waals surface area (Å²) in [5.74, 6) is -1.42. The number of hydrogen-bond acceptors (Lipinski definition) is 4. The minimum atomic E-state index is -3.04. The van der Waals surface area contributed by atoms with Crippen LogP contribution < -0.4 is 10.5 Å². The van der Waals surface area contributed by atoms with Gasteiger partial charge in [0.15, 0.2) is 11.3 Å². The number of carboxylic acid groups (broad SMARTS) is 1. The summed E-state index contributed by atoms with van der Waals surface area (Å²) in [6, 6.07) is 6.98. The number of aromatic carboxylic acids is 1. The van der Waals surface area contributed by atoms with Crippen molar-refractivity contribution in [1.29, 1.82) is 0 Å². The topological polar surface area (TPSA) is 85.7 Å². The number of ether oxygens (including phenoxy) is 1. The standard InChI is InChI=1S/C14H9F2NO4/c15-14(16)21-10-4-2-7(13(18)19)11-8-5-6(17)1-3-9(8)20-12(10)11/h1-5,14H,17H2,(H,18,19). The van der Waals surface area contributed by atoms with E-state index in [9.17, 15) is 18.7 Å². The van der Waals surface area contributed by atoms with Crippen molar-refractivity contribution in [2.75, 3.05) is 5.73 Å². The Morgan fingerprint density at radius 3 is 2.71 bits per heavy atom. The lowest BCUT2D eigenvalue weighted by Gasteiger charge is -2.06. The van der Waals surface area contributed by atoms with Crippen LogP contribution in [0.3, 0.4) is 0 Å². The first-order valence-electron chi connectivity index (χ1n) is 5.90. The highest BCUT2D eigenvalue weighted by atomic mass is 19.3. The first-order chi connectivity index (χ1) is 9.97. The van der Waals surface area contributed by atoms with Gasteiger partial charge in [-0.05, 0) is 30.3 Å². The Balaban J connectivity index is 2.43. The molecule has 3 N–H and O–H groups in total. The minimum Gasteiger partial charge on any atom is -0.478 e. The van der Waals surface area contributed by atoms with E-state index < -0.39 is 12.6 Å². The maximum atomic E-state index is 12.4. The molecule has 0 bridgehead atoms. The zero-order valence-electron chi connectivity index (χ0n) is 10.5. The molecule has 0 aliphatic carbocycles. The predicted octanol–water partition coefficient (Wildman–Crippen LogP) is 3.47. The van der Waals surface area contributed by atoms with E-state index >= 15 is 0 Å². The Kier molecular flexibility index (Phi) is 2.90. The molecule has 3 rings (SSSR count). The van der Waals surface area contributed by atoms with Gasteiger partial charge in [-0.25, -0.2) is 4.79 Å². The van der Waals surface area contributed by atoms with Gasteiger partial charge < -0.3 is 20.0 Å². The summed E-state index contributed by atoms with van der Waals surface area (Å²) in [4.78, 5) is 11.3. The molecule has 1 heterocycles. The SMILES string of the molecule is Nc1ccc2oc3c(OC(F)F)ccc(C(=O)O)c3c2c1. The van der Waals surface area contributed by atoms with Crippen molar-refractivity contribution in [2.24, 2.45) is 0 Å². The van der Waals surface area contributed by atoms with Crippen molar-refractivity contribution in [2.45, 2.75) is 6.61 Å². The maximum Gasteiger partial charge on any atom is 0.387 e. The molecule has 0 spiro atoms. The van der Waals surface area contributed by atoms with Crippen LogP contribution in [-0.4, -0.2) is 17.7 Å². The van der Waals surface area contributed by atoms with Crippen molar-refractivity contribution >= 4 is 33.6 Å². The van der Waals surface area contributed by atoms with E-state index in [1.165, 1.54) is 12.1 Å². The van der Waals surface area contributed by atoms with E-state index in [1.807, 2.05) is 0 Å². The number of benzene rings is 2. The molecule has 1 aromatic heterocycles. The van der Waals surface area contributed by atoms with Crippen molar-refractivity contribution in [1.82, 2.24) is 0 Å².